The van der Waals surface area contributed by atoms with E-state index in [1.807, 2.05) is 0 Å². The van der Waals surface area contributed by atoms with Crippen molar-refractivity contribution in [3.05, 3.63) is 0 Å². The van der Waals surface area contributed by atoms with E-state index >= 15 is 0 Å². The van der Waals surface area contributed by atoms with Gasteiger partial charge in [0, 0.05) is 26.9 Å². The van der Waals surface area contributed by atoms with Crippen LogP contribution in [0.25, 0.3) is 0 Å². The summed E-state index contributed by atoms with van der Waals surface area (Å²) in [5.41, 5.74) is 5.57. The summed E-state index contributed by atoms with van der Waals surface area (Å²) < 4.78 is 9.64. The summed E-state index contributed by atoms with van der Waals surface area (Å²) in [5.74, 6) is 0. The van der Waals surface area contributed by atoms with Crippen LogP contribution < -0.4 is 5.73 Å². The SMILES string of the molecule is COCC[C@H](N)COC. The van der Waals surface area contributed by atoms with E-state index < -0.39 is 0 Å². The molecule has 2 N–H and O–H groups in total. The first kappa shape index (κ1) is 8.88. The average Bonchev–Trinajstić information content (AvgIpc) is 1.85. The molecule has 0 aromatic carbocycles. The van der Waals surface area contributed by atoms with Crippen molar-refractivity contribution >= 4 is 0 Å². The van der Waals surface area contributed by atoms with Crippen molar-refractivity contribution in [1.82, 2.24) is 0 Å². The van der Waals surface area contributed by atoms with Gasteiger partial charge in [-0.25, -0.2) is 0 Å². The molecule has 1 atom stereocenters. The topological polar surface area (TPSA) is 44.5 Å². The zero-order valence-electron chi connectivity index (χ0n) is 6.09. The fraction of sp³-hybridized carbons (Fsp3) is 1.00. The van der Waals surface area contributed by atoms with Crippen LogP contribution in [0.5, 0.6) is 0 Å². The third-order valence-electron chi connectivity index (χ3n) is 1.07. The zero-order chi connectivity index (χ0) is 7.11. The summed E-state index contributed by atoms with van der Waals surface area (Å²) in [6.07, 6.45) is 0.865. The highest BCUT2D eigenvalue weighted by Gasteiger charge is 1.98. The molecule has 0 aromatic heterocycles. The van der Waals surface area contributed by atoms with Gasteiger partial charge in [0.25, 0.3) is 0 Å². The maximum absolute atomic E-state index is 5.57. The number of nitrogens with two attached hydrogens (primary N) is 1. The van der Waals surface area contributed by atoms with Gasteiger partial charge < -0.3 is 15.2 Å². The molecule has 0 aliphatic rings. The standard InChI is InChI=1S/C6H15NO2/c1-8-4-3-6(7)5-9-2/h6H,3-5,7H2,1-2H3/t6-/m0/s1. The first-order valence-electron chi connectivity index (χ1n) is 3.04. The molecule has 0 aliphatic heterocycles. The van der Waals surface area contributed by atoms with Crippen LogP contribution in [-0.2, 0) is 9.47 Å². The van der Waals surface area contributed by atoms with E-state index in [0.29, 0.717) is 13.2 Å². The van der Waals surface area contributed by atoms with Crippen molar-refractivity contribution in [1.29, 1.82) is 0 Å². The molecule has 56 valence electrons. The Bertz CT molecular complexity index is 59.0. The van der Waals surface area contributed by atoms with Gasteiger partial charge >= 0.3 is 0 Å². The van der Waals surface area contributed by atoms with Crippen molar-refractivity contribution in [2.75, 3.05) is 27.4 Å². The highest BCUT2D eigenvalue weighted by Crippen LogP contribution is 1.87. The van der Waals surface area contributed by atoms with Gasteiger partial charge in [0.2, 0.25) is 0 Å². The second kappa shape index (κ2) is 6.01. The highest BCUT2D eigenvalue weighted by atomic mass is 16.5. The highest BCUT2D eigenvalue weighted by molar-refractivity contribution is 4.57. The summed E-state index contributed by atoms with van der Waals surface area (Å²) in [5, 5.41) is 0. The molecule has 0 amide bonds. The number of hydrogen-bond donors (Lipinski definition) is 1. The molecule has 0 aliphatic carbocycles. The molecular formula is C6H15NO2. The third kappa shape index (κ3) is 5.76. The maximum atomic E-state index is 5.57. The smallest absolute Gasteiger partial charge is 0.0614 e. The van der Waals surface area contributed by atoms with Gasteiger partial charge in [-0.05, 0) is 6.42 Å². The Kier molecular flexibility index (Phi) is 5.93. The number of hydrogen-bond acceptors (Lipinski definition) is 3. The van der Waals surface area contributed by atoms with E-state index in [-0.39, 0.29) is 6.04 Å². The van der Waals surface area contributed by atoms with Crippen LogP contribution >= 0.6 is 0 Å². The normalized spacial score (nSPS) is 13.7. The van der Waals surface area contributed by atoms with Crippen LogP contribution in [0.2, 0.25) is 0 Å². The van der Waals surface area contributed by atoms with Crippen LogP contribution in [0.1, 0.15) is 6.42 Å². The van der Waals surface area contributed by atoms with E-state index in [4.69, 9.17) is 15.2 Å². The fourth-order valence-corrected chi connectivity index (χ4v) is 0.567. The second-order valence-corrected chi connectivity index (χ2v) is 2.00. The minimum atomic E-state index is 0.120. The van der Waals surface area contributed by atoms with Crippen molar-refractivity contribution in [3.8, 4) is 0 Å². The largest absolute Gasteiger partial charge is 0.385 e. The van der Waals surface area contributed by atoms with Gasteiger partial charge in [-0.3, -0.25) is 0 Å². The maximum Gasteiger partial charge on any atom is 0.0614 e. The van der Waals surface area contributed by atoms with Crippen LogP contribution in [-0.4, -0.2) is 33.5 Å². The lowest BCUT2D eigenvalue weighted by Crippen LogP contribution is -2.26. The zero-order valence-corrected chi connectivity index (χ0v) is 6.09. The molecule has 0 saturated heterocycles. The summed E-state index contributed by atoms with van der Waals surface area (Å²) in [4.78, 5) is 0. The predicted octanol–water partition coefficient (Wildman–Crippen LogP) is -0.00340. The quantitative estimate of drug-likeness (QED) is 0.574. The van der Waals surface area contributed by atoms with Gasteiger partial charge in [0.1, 0.15) is 0 Å². The molecule has 0 heterocycles. The van der Waals surface area contributed by atoms with Gasteiger partial charge in [-0.1, -0.05) is 0 Å². The third-order valence-corrected chi connectivity index (χ3v) is 1.07. The van der Waals surface area contributed by atoms with Crippen molar-refractivity contribution in [2.24, 2.45) is 5.73 Å². The van der Waals surface area contributed by atoms with Gasteiger partial charge in [0.05, 0.1) is 6.61 Å². The minimum absolute atomic E-state index is 0.120. The van der Waals surface area contributed by atoms with Crippen LogP contribution in [0, 0.1) is 0 Å². The first-order chi connectivity index (χ1) is 4.31. The molecule has 0 saturated carbocycles. The molecule has 0 fully saturated rings. The molecule has 0 radical (unpaired) electrons. The summed E-state index contributed by atoms with van der Waals surface area (Å²) in [7, 11) is 3.31. The van der Waals surface area contributed by atoms with E-state index in [9.17, 15) is 0 Å². The van der Waals surface area contributed by atoms with Crippen molar-refractivity contribution < 1.29 is 9.47 Å². The minimum Gasteiger partial charge on any atom is -0.385 e. The van der Waals surface area contributed by atoms with E-state index in [1.165, 1.54) is 0 Å². The molecule has 0 rings (SSSR count). The van der Waals surface area contributed by atoms with Crippen molar-refractivity contribution in [3.63, 3.8) is 0 Å². The molecule has 0 spiro atoms. The Labute approximate surface area is 56.1 Å². The lowest BCUT2D eigenvalue weighted by Gasteiger charge is -2.07. The lowest BCUT2D eigenvalue weighted by molar-refractivity contribution is 0.145. The van der Waals surface area contributed by atoms with Crippen LogP contribution in [0.15, 0.2) is 0 Å². The van der Waals surface area contributed by atoms with E-state index in [1.54, 1.807) is 14.2 Å². The van der Waals surface area contributed by atoms with Gasteiger partial charge in [0.15, 0.2) is 0 Å². The van der Waals surface area contributed by atoms with Crippen LogP contribution in [0.4, 0.5) is 0 Å². The van der Waals surface area contributed by atoms with Gasteiger partial charge in [-0.15, -0.1) is 0 Å². The molecule has 3 heteroatoms. The van der Waals surface area contributed by atoms with Gasteiger partial charge in [-0.2, -0.15) is 0 Å². The number of ether oxygens (including phenoxy) is 2. The number of methoxy groups -OCH3 is 2. The van der Waals surface area contributed by atoms with E-state index in [2.05, 4.69) is 0 Å². The Morgan fingerprint density at radius 2 is 2.00 bits per heavy atom. The summed E-state index contributed by atoms with van der Waals surface area (Å²) >= 11 is 0. The number of rotatable bonds is 5. The van der Waals surface area contributed by atoms with Crippen molar-refractivity contribution in [2.45, 2.75) is 12.5 Å². The van der Waals surface area contributed by atoms with Crippen LogP contribution in [0.3, 0.4) is 0 Å². The molecule has 9 heavy (non-hydrogen) atoms. The predicted molar refractivity (Wildman–Crippen MR) is 36.3 cm³/mol. The van der Waals surface area contributed by atoms with E-state index in [0.717, 1.165) is 6.42 Å². The monoisotopic (exact) mass is 133 g/mol. The average molecular weight is 133 g/mol. The summed E-state index contributed by atoms with van der Waals surface area (Å²) in [6.45, 7) is 1.33. The lowest BCUT2D eigenvalue weighted by atomic mass is 10.2. The molecule has 0 bridgehead atoms. The molecule has 0 unspecified atom stereocenters. The Morgan fingerprint density at radius 3 is 2.44 bits per heavy atom. The molecular weight excluding hydrogens is 118 g/mol. The fourth-order valence-electron chi connectivity index (χ4n) is 0.567. The Hall–Kier alpha value is -0.120. The first-order valence-corrected chi connectivity index (χ1v) is 3.04. The molecule has 0 aromatic rings. The Balaban J connectivity index is 2.95. The summed E-state index contributed by atoms with van der Waals surface area (Å²) in [6, 6.07) is 0.120. The second-order valence-electron chi connectivity index (χ2n) is 2.00. The molecule has 3 nitrogen and oxygen atoms in total. The Morgan fingerprint density at radius 1 is 1.33 bits per heavy atom.